The van der Waals surface area contributed by atoms with E-state index in [-0.39, 0.29) is 5.41 Å². The first-order valence-electron chi connectivity index (χ1n) is 6.25. The minimum absolute atomic E-state index is 0.207. The SMILES string of the molecule is CC1(CN)CCN(c2ncccc2C(N)=O)CC1. The molecule has 0 radical (unpaired) electrons. The lowest BCUT2D eigenvalue weighted by atomic mass is 9.80. The Labute approximate surface area is 107 Å². The zero-order chi connectivity index (χ0) is 13.2. The lowest BCUT2D eigenvalue weighted by Gasteiger charge is -2.39. The molecule has 2 heterocycles. The molecule has 1 aliphatic heterocycles. The highest BCUT2D eigenvalue weighted by atomic mass is 16.1. The molecule has 2 rings (SSSR count). The summed E-state index contributed by atoms with van der Waals surface area (Å²) in [5.74, 6) is 0.273. The number of anilines is 1. The summed E-state index contributed by atoms with van der Waals surface area (Å²) in [5.41, 5.74) is 11.9. The molecule has 1 aliphatic rings. The Kier molecular flexibility index (Phi) is 3.52. The number of aromatic nitrogens is 1. The van der Waals surface area contributed by atoms with Gasteiger partial charge in [0.2, 0.25) is 0 Å². The first-order chi connectivity index (χ1) is 8.56. The maximum Gasteiger partial charge on any atom is 0.252 e. The third-order valence-electron chi connectivity index (χ3n) is 3.82. The van der Waals surface area contributed by atoms with Crippen LogP contribution in [0.15, 0.2) is 18.3 Å². The molecule has 0 aliphatic carbocycles. The summed E-state index contributed by atoms with van der Waals surface area (Å²) in [6.07, 6.45) is 3.72. The van der Waals surface area contributed by atoms with Gasteiger partial charge in [0.15, 0.2) is 0 Å². The molecule has 0 aromatic carbocycles. The third kappa shape index (κ3) is 2.46. The molecule has 5 heteroatoms. The second kappa shape index (κ2) is 4.94. The molecule has 5 nitrogen and oxygen atoms in total. The quantitative estimate of drug-likeness (QED) is 0.826. The molecule has 1 amide bonds. The van der Waals surface area contributed by atoms with Crippen LogP contribution in [0.4, 0.5) is 5.82 Å². The van der Waals surface area contributed by atoms with E-state index in [0.29, 0.717) is 17.9 Å². The van der Waals surface area contributed by atoms with Gasteiger partial charge < -0.3 is 16.4 Å². The lowest BCUT2D eigenvalue weighted by molar-refractivity contribution is 0.100. The highest BCUT2D eigenvalue weighted by molar-refractivity contribution is 5.97. The summed E-state index contributed by atoms with van der Waals surface area (Å²) in [6.45, 7) is 4.64. The average Bonchev–Trinajstić information content (AvgIpc) is 2.39. The molecule has 0 spiro atoms. The molecule has 0 bridgehead atoms. The molecule has 1 aromatic heterocycles. The molecule has 4 N–H and O–H groups in total. The van der Waals surface area contributed by atoms with E-state index in [1.54, 1.807) is 18.3 Å². The van der Waals surface area contributed by atoms with Crippen LogP contribution in [0.25, 0.3) is 0 Å². The van der Waals surface area contributed by atoms with Crippen molar-refractivity contribution in [1.29, 1.82) is 0 Å². The van der Waals surface area contributed by atoms with Gasteiger partial charge in [0.05, 0.1) is 5.56 Å². The predicted molar refractivity (Wildman–Crippen MR) is 71.4 cm³/mol. The summed E-state index contributed by atoms with van der Waals surface area (Å²) >= 11 is 0. The Morgan fingerprint density at radius 2 is 2.17 bits per heavy atom. The van der Waals surface area contributed by atoms with Gasteiger partial charge in [-0.1, -0.05) is 6.92 Å². The van der Waals surface area contributed by atoms with Gasteiger partial charge in [-0.3, -0.25) is 4.79 Å². The maximum atomic E-state index is 11.4. The Bertz CT molecular complexity index is 438. The maximum absolute atomic E-state index is 11.4. The molecule has 1 aromatic rings. The molecular weight excluding hydrogens is 228 g/mol. The van der Waals surface area contributed by atoms with Gasteiger partial charge in [0.25, 0.3) is 5.91 Å². The molecule has 1 fully saturated rings. The number of hydrogen-bond donors (Lipinski definition) is 2. The summed E-state index contributed by atoms with van der Waals surface area (Å²) in [7, 11) is 0. The van der Waals surface area contributed by atoms with Gasteiger partial charge in [-0.15, -0.1) is 0 Å². The number of amides is 1. The van der Waals surface area contributed by atoms with Gasteiger partial charge in [0.1, 0.15) is 5.82 Å². The van der Waals surface area contributed by atoms with Crippen molar-refractivity contribution in [2.75, 3.05) is 24.5 Å². The number of piperidine rings is 1. The summed E-state index contributed by atoms with van der Waals surface area (Å²) in [5, 5.41) is 0. The first-order valence-corrected chi connectivity index (χ1v) is 6.25. The highest BCUT2D eigenvalue weighted by Gasteiger charge is 2.30. The van der Waals surface area contributed by atoms with Crippen LogP contribution in [0.1, 0.15) is 30.1 Å². The van der Waals surface area contributed by atoms with E-state index in [4.69, 9.17) is 11.5 Å². The number of nitrogens with two attached hydrogens (primary N) is 2. The van der Waals surface area contributed by atoms with Crippen molar-refractivity contribution < 1.29 is 4.79 Å². The first kappa shape index (κ1) is 12.8. The number of carbonyl (C=O) groups excluding carboxylic acids is 1. The number of nitrogens with zero attached hydrogens (tertiary/aromatic N) is 2. The van der Waals surface area contributed by atoms with Crippen LogP contribution < -0.4 is 16.4 Å². The molecule has 1 saturated heterocycles. The molecule has 0 unspecified atom stereocenters. The lowest BCUT2D eigenvalue weighted by Crippen LogP contribution is -2.43. The highest BCUT2D eigenvalue weighted by Crippen LogP contribution is 2.32. The smallest absolute Gasteiger partial charge is 0.252 e. The van der Waals surface area contributed by atoms with Crippen molar-refractivity contribution in [1.82, 2.24) is 4.98 Å². The topological polar surface area (TPSA) is 85.2 Å². The molecule has 18 heavy (non-hydrogen) atoms. The zero-order valence-corrected chi connectivity index (χ0v) is 10.7. The standard InChI is InChI=1S/C13H20N4O/c1-13(9-14)4-7-17(8-5-13)12-10(11(15)18)3-2-6-16-12/h2-3,6H,4-5,7-9,14H2,1H3,(H2,15,18). The number of carbonyl (C=O) groups is 1. The van der Waals surface area contributed by atoms with E-state index >= 15 is 0 Å². The second-order valence-electron chi connectivity index (χ2n) is 5.24. The number of pyridine rings is 1. The Hall–Kier alpha value is -1.62. The van der Waals surface area contributed by atoms with Gasteiger partial charge in [-0.2, -0.15) is 0 Å². The minimum atomic E-state index is -0.426. The number of rotatable bonds is 3. The van der Waals surface area contributed by atoms with Crippen LogP contribution in [-0.2, 0) is 0 Å². The molecule has 98 valence electrons. The van der Waals surface area contributed by atoms with Crippen LogP contribution in [0.3, 0.4) is 0 Å². The van der Waals surface area contributed by atoms with Crippen molar-refractivity contribution in [2.24, 2.45) is 16.9 Å². The largest absolute Gasteiger partial charge is 0.365 e. The van der Waals surface area contributed by atoms with Crippen molar-refractivity contribution in [3.63, 3.8) is 0 Å². The summed E-state index contributed by atoms with van der Waals surface area (Å²) in [4.78, 5) is 17.8. The fourth-order valence-electron chi connectivity index (χ4n) is 2.30. The van der Waals surface area contributed by atoms with E-state index in [1.165, 1.54) is 0 Å². The van der Waals surface area contributed by atoms with E-state index < -0.39 is 5.91 Å². The average molecular weight is 248 g/mol. The van der Waals surface area contributed by atoms with E-state index in [9.17, 15) is 4.79 Å². The third-order valence-corrected chi connectivity index (χ3v) is 3.82. The van der Waals surface area contributed by atoms with Gasteiger partial charge in [-0.05, 0) is 36.9 Å². The van der Waals surface area contributed by atoms with Crippen molar-refractivity contribution in [3.8, 4) is 0 Å². The minimum Gasteiger partial charge on any atom is -0.365 e. The van der Waals surface area contributed by atoms with E-state index in [2.05, 4.69) is 16.8 Å². The van der Waals surface area contributed by atoms with Crippen molar-refractivity contribution >= 4 is 11.7 Å². The predicted octanol–water partition coefficient (Wildman–Crippen LogP) is 0.746. The van der Waals surface area contributed by atoms with Crippen LogP contribution in [0.2, 0.25) is 0 Å². The number of primary amides is 1. The molecule has 0 saturated carbocycles. The zero-order valence-electron chi connectivity index (χ0n) is 10.7. The monoisotopic (exact) mass is 248 g/mol. The van der Waals surface area contributed by atoms with Crippen molar-refractivity contribution in [2.45, 2.75) is 19.8 Å². The summed E-state index contributed by atoms with van der Waals surface area (Å²) in [6, 6.07) is 3.46. The molecular formula is C13H20N4O. The van der Waals surface area contributed by atoms with Gasteiger partial charge >= 0.3 is 0 Å². The Morgan fingerprint density at radius 3 is 2.72 bits per heavy atom. The van der Waals surface area contributed by atoms with Crippen LogP contribution >= 0.6 is 0 Å². The van der Waals surface area contributed by atoms with Crippen LogP contribution in [0, 0.1) is 5.41 Å². The van der Waals surface area contributed by atoms with E-state index in [0.717, 1.165) is 25.9 Å². The second-order valence-corrected chi connectivity index (χ2v) is 5.24. The van der Waals surface area contributed by atoms with Crippen LogP contribution in [0.5, 0.6) is 0 Å². The van der Waals surface area contributed by atoms with E-state index in [1.807, 2.05) is 0 Å². The van der Waals surface area contributed by atoms with Crippen molar-refractivity contribution in [3.05, 3.63) is 23.9 Å². The fraction of sp³-hybridized carbons (Fsp3) is 0.538. The van der Waals surface area contributed by atoms with Gasteiger partial charge in [-0.25, -0.2) is 4.98 Å². The Balaban J connectivity index is 2.17. The number of hydrogen-bond acceptors (Lipinski definition) is 4. The molecule has 0 atom stereocenters. The summed E-state index contributed by atoms with van der Waals surface area (Å²) < 4.78 is 0. The normalized spacial score (nSPS) is 18.7. The fourth-order valence-corrected chi connectivity index (χ4v) is 2.30. The van der Waals surface area contributed by atoms with Gasteiger partial charge in [0, 0.05) is 19.3 Å². The van der Waals surface area contributed by atoms with Crippen LogP contribution in [-0.4, -0.2) is 30.5 Å². The Morgan fingerprint density at radius 1 is 1.50 bits per heavy atom.